The second-order valence-corrected chi connectivity index (χ2v) is 2.79. The monoisotopic (exact) mass is 208 g/mol. The van der Waals surface area contributed by atoms with Gasteiger partial charge in [0.1, 0.15) is 12.4 Å². The van der Waals surface area contributed by atoms with Gasteiger partial charge in [-0.15, -0.1) is 0 Å². The molecule has 0 aliphatic rings. The van der Waals surface area contributed by atoms with Crippen molar-refractivity contribution in [3.63, 3.8) is 0 Å². The molecule has 0 atom stereocenters. The van der Waals surface area contributed by atoms with Gasteiger partial charge in [-0.25, -0.2) is 0 Å². The summed E-state index contributed by atoms with van der Waals surface area (Å²) >= 11 is 0. The Morgan fingerprint density at radius 1 is 1.60 bits per heavy atom. The highest BCUT2D eigenvalue weighted by Crippen LogP contribution is 2.04. The molecule has 0 bridgehead atoms. The summed E-state index contributed by atoms with van der Waals surface area (Å²) in [6.45, 7) is 1.27. The number of guanidine groups is 1. The maximum Gasteiger partial charge on any atom is 0.190 e. The maximum atomic E-state index is 5.44. The van der Waals surface area contributed by atoms with E-state index in [1.165, 1.54) is 0 Å². The molecule has 0 saturated heterocycles. The highest BCUT2D eigenvalue weighted by atomic mass is 16.5. The van der Waals surface area contributed by atoms with Gasteiger partial charge in [-0.05, 0) is 12.1 Å². The summed E-state index contributed by atoms with van der Waals surface area (Å²) in [6, 6.07) is 3.72. The lowest BCUT2D eigenvalue weighted by Crippen LogP contribution is -2.37. The van der Waals surface area contributed by atoms with Crippen LogP contribution in [-0.4, -0.2) is 38.2 Å². The Morgan fingerprint density at radius 2 is 2.47 bits per heavy atom. The molecule has 15 heavy (non-hydrogen) atoms. The highest BCUT2D eigenvalue weighted by molar-refractivity contribution is 5.79. The standard InChI is InChI=1S/C10H16N4O/c1-11-10(12-2)14-6-7-15-9-4-3-5-13-8-9/h3-5,8H,6-7H2,1-2H3,(H2,11,12,14). The number of hydrogen-bond donors (Lipinski definition) is 2. The van der Waals surface area contributed by atoms with Crippen molar-refractivity contribution in [2.75, 3.05) is 27.2 Å². The van der Waals surface area contributed by atoms with Crippen molar-refractivity contribution in [2.45, 2.75) is 0 Å². The summed E-state index contributed by atoms with van der Waals surface area (Å²) in [5.74, 6) is 1.53. The molecule has 5 nitrogen and oxygen atoms in total. The zero-order valence-electron chi connectivity index (χ0n) is 9.03. The minimum Gasteiger partial charge on any atom is -0.490 e. The molecule has 82 valence electrons. The second kappa shape index (κ2) is 6.64. The number of ether oxygens (including phenoxy) is 1. The second-order valence-electron chi connectivity index (χ2n) is 2.79. The van der Waals surface area contributed by atoms with Crippen LogP contribution >= 0.6 is 0 Å². The molecule has 0 unspecified atom stereocenters. The molecule has 0 radical (unpaired) electrons. The van der Waals surface area contributed by atoms with Gasteiger partial charge in [0, 0.05) is 20.3 Å². The van der Waals surface area contributed by atoms with E-state index in [1.807, 2.05) is 19.2 Å². The molecular formula is C10H16N4O. The van der Waals surface area contributed by atoms with Gasteiger partial charge >= 0.3 is 0 Å². The summed E-state index contributed by atoms with van der Waals surface area (Å²) in [7, 11) is 3.54. The van der Waals surface area contributed by atoms with E-state index in [0.717, 1.165) is 11.7 Å². The summed E-state index contributed by atoms with van der Waals surface area (Å²) < 4.78 is 5.44. The average molecular weight is 208 g/mol. The molecule has 2 N–H and O–H groups in total. The van der Waals surface area contributed by atoms with E-state index in [9.17, 15) is 0 Å². The third-order valence-electron chi connectivity index (χ3n) is 1.76. The molecule has 0 aromatic carbocycles. The normalized spacial score (nSPS) is 10.9. The number of rotatable bonds is 4. The molecule has 0 fully saturated rings. The van der Waals surface area contributed by atoms with Crippen LogP contribution in [0.15, 0.2) is 29.5 Å². The number of aromatic nitrogens is 1. The van der Waals surface area contributed by atoms with Crippen molar-refractivity contribution in [1.82, 2.24) is 15.6 Å². The fourth-order valence-corrected chi connectivity index (χ4v) is 1.05. The molecule has 5 heteroatoms. The van der Waals surface area contributed by atoms with Crippen LogP contribution in [0.25, 0.3) is 0 Å². The van der Waals surface area contributed by atoms with Crippen LogP contribution in [0.3, 0.4) is 0 Å². The Bertz CT molecular complexity index is 300. The van der Waals surface area contributed by atoms with Crippen LogP contribution in [0.5, 0.6) is 5.75 Å². The fourth-order valence-electron chi connectivity index (χ4n) is 1.05. The van der Waals surface area contributed by atoms with E-state index < -0.39 is 0 Å². The number of nitrogens with one attached hydrogen (secondary N) is 2. The van der Waals surface area contributed by atoms with Crippen LogP contribution in [0.2, 0.25) is 0 Å². The Kier molecular flexibility index (Phi) is 5.00. The first-order valence-corrected chi connectivity index (χ1v) is 4.78. The smallest absolute Gasteiger partial charge is 0.190 e. The van der Waals surface area contributed by atoms with E-state index in [2.05, 4.69) is 20.6 Å². The number of hydrogen-bond acceptors (Lipinski definition) is 3. The van der Waals surface area contributed by atoms with E-state index in [1.54, 1.807) is 19.4 Å². The zero-order valence-corrected chi connectivity index (χ0v) is 9.03. The van der Waals surface area contributed by atoms with E-state index in [0.29, 0.717) is 13.2 Å². The third kappa shape index (κ3) is 4.30. The Hall–Kier alpha value is -1.78. The minimum absolute atomic E-state index is 0.576. The third-order valence-corrected chi connectivity index (χ3v) is 1.76. The predicted octanol–water partition coefficient (Wildman–Crippen LogP) is 0.255. The van der Waals surface area contributed by atoms with Crippen LogP contribution in [0.4, 0.5) is 0 Å². The molecule has 0 aliphatic carbocycles. The van der Waals surface area contributed by atoms with Gasteiger partial charge < -0.3 is 15.4 Å². The van der Waals surface area contributed by atoms with Gasteiger partial charge in [0.15, 0.2) is 5.96 Å². The van der Waals surface area contributed by atoms with E-state index in [-0.39, 0.29) is 0 Å². The SMILES string of the molecule is CN=C(NC)NCCOc1cccnc1. The van der Waals surface area contributed by atoms with Crippen molar-refractivity contribution in [2.24, 2.45) is 4.99 Å². The molecule has 0 aliphatic heterocycles. The molecule has 1 aromatic rings. The minimum atomic E-state index is 0.576. The number of pyridine rings is 1. The average Bonchev–Trinajstić information content (AvgIpc) is 2.31. The van der Waals surface area contributed by atoms with Gasteiger partial charge in [-0.1, -0.05) is 0 Å². The summed E-state index contributed by atoms with van der Waals surface area (Å²) in [5, 5.41) is 6.00. The predicted molar refractivity (Wildman–Crippen MR) is 60.2 cm³/mol. The lowest BCUT2D eigenvalue weighted by Gasteiger charge is -2.09. The molecule has 0 amide bonds. The largest absolute Gasteiger partial charge is 0.490 e. The van der Waals surface area contributed by atoms with Gasteiger partial charge in [0.25, 0.3) is 0 Å². The van der Waals surface area contributed by atoms with E-state index >= 15 is 0 Å². The van der Waals surface area contributed by atoms with Crippen molar-refractivity contribution in [1.29, 1.82) is 0 Å². The Morgan fingerprint density at radius 3 is 3.07 bits per heavy atom. The topological polar surface area (TPSA) is 58.5 Å². The lowest BCUT2D eigenvalue weighted by atomic mass is 10.5. The fraction of sp³-hybridized carbons (Fsp3) is 0.400. The van der Waals surface area contributed by atoms with Gasteiger partial charge in [0.2, 0.25) is 0 Å². The Labute approximate surface area is 89.6 Å². The van der Waals surface area contributed by atoms with Gasteiger partial charge in [0.05, 0.1) is 12.7 Å². The quantitative estimate of drug-likeness (QED) is 0.423. The molecule has 0 spiro atoms. The lowest BCUT2D eigenvalue weighted by molar-refractivity contribution is 0.321. The molecule has 1 heterocycles. The molecular weight excluding hydrogens is 192 g/mol. The van der Waals surface area contributed by atoms with Crippen molar-refractivity contribution in [3.05, 3.63) is 24.5 Å². The van der Waals surface area contributed by atoms with E-state index in [4.69, 9.17) is 4.74 Å². The number of nitrogens with zero attached hydrogens (tertiary/aromatic N) is 2. The first-order chi connectivity index (χ1) is 7.36. The first kappa shape index (κ1) is 11.3. The van der Waals surface area contributed by atoms with Crippen molar-refractivity contribution in [3.8, 4) is 5.75 Å². The molecule has 1 aromatic heterocycles. The van der Waals surface area contributed by atoms with Gasteiger partial charge in [-0.3, -0.25) is 9.98 Å². The van der Waals surface area contributed by atoms with Crippen molar-refractivity contribution >= 4 is 5.96 Å². The number of aliphatic imine (C=N–C) groups is 1. The maximum absolute atomic E-state index is 5.44. The summed E-state index contributed by atoms with van der Waals surface area (Å²) in [6.07, 6.45) is 3.40. The molecule has 0 saturated carbocycles. The Balaban J connectivity index is 2.17. The van der Waals surface area contributed by atoms with Gasteiger partial charge in [-0.2, -0.15) is 0 Å². The van der Waals surface area contributed by atoms with Crippen LogP contribution in [0.1, 0.15) is 0 Å². The zero-order chi connectivity index (χ0) is 10.9. The van der Waals surface area contributed by atoms with Crippen molar-refractivity contribution < 1.29 is 4.74 Å². The van der Waals surface area contributed by atoms with Crippen LogP contribution < -0.4 is 15.4 Å². The van der Waals surface area contributed by atoms with Crippen LogP contribution in [0, 0.1) is 0 Å². The first-order valence-electron chi connectivity index (χ1n) is 4.78. The highest BCUT2D eigenvalue weighted by Gasteiger charge is 1.94. The summed E-state index contributed by atoms with van der Waals surface area (Å²) in [5.41, 5.74) is 0. The summed E-state index contributed by atoms with van der Waals surface area (Å²) in [4.78, 5) is 7.93. The van der Waals surface area contributed by atoms with Crippen LogP contribution in [-0.2, 0) is 0 Å². The molecule has 1 rings (SSSR count).